The standard InChI is InChI=1S/C20H17ClN2O4/c1-26-18-8-4-14(5-9-18)10-16(11-22)20(25)27-13-19(24)23-12-15-2-6-17(21)7-3-15/h2-10H,12-13H2,1H3,(H,23,24)/b16-10+. The van der Waals surface area contributed by atoms with Crippen LogP contribution in [0.4, 0.5) is 0 Å². The van der Waals surface area contributed by atoms with E-state index in [0.717, 1.165) is 5.56 Å². The number of amides is 1. The van der Waals surface area contributed by atoms with Gasteiger partial charge in [0, 0.05) is 11.6 Å². The lowest BCUT2D eigenvalue weighted by atomic mass is 10.1. The molecule has 6 nitrogen and oxygen atoms in total. The zero-order valence-corrected chi connectivity index (χ0v) is 15.3. The van der Waals surface area contributed by atoms with Gasteiger partial charge in [0.05, 0.1) is 7.11 Å². The molecule has 0 spiro atoms. The molecule has 0 bridgehead atoms. The molecule has 2 aromatic carbocycles. The molecule has 0 aliphatic rings. The van der Waals surface area contributed by atoms with Crippen molar-refractivity contribution in [1.82, 2.24) is 5.32 Å². The highest BCUT2D eigenvalue weighted by atomic mass is 35.5. The van der Waals surface area contributed by atoms with Gasteiger partial charge in [-0.15, -0.1) is 0 Å². The number of benzene rings is 2. The van der Waals surface area contributed by atoms with Crippen LogP contribution in [0.3, 0.4) is 0 Å². The number of nitriles is 1. The molecular weight excluding hydrogens is 368 g/mol. The second-order valence-corrected chi connectivity index (χ2v) is 5.86. The summed E-state index contributed by atoms with van der Waals surface area (Å²) in [6, 6.07) is 15.6. The monoisotopic (exact) mass is 384 g/mol. The minimum Gasteiger partial charge on any atom is -0.497 e. The van der Waals surface area contributed by atoms with Crippen molar-refractivity contribution in [2.45, 2.75) is 6.54 Å². The van der Waals surface area contributed by atoms with Crippen LogP contribution in [-0.2, 0) is 20.9 Å². The van der Waals surface area contributed by atoms with E-state index in [9.17, 15) is 9.59 Å². The van der Waals surface area contributed by atoms with E-state index in [0.29, 0.717) is 16.3 Å². The number of hydrogen-bond donors (Lipinski definition) is 1. The number of nitrogens with one attached hydrogen (secondary N) is 1. The third kappa shape index (κ3) is 6.49. The van der Waals surface area contributed by atoms with Gasteiger partial charge in [-0.1, -0.05) is 35.9 Å². The van der Waals surface area contributed by atoms with Gasteiger partial charge in [0.15, 0.2) is 6.61 Å². The molecular formula is C20H17ClN2O4. The Bertz CT molecular complexity index is 868. The summed E-state index contributed by atoms with van der Waals surface area (Å²) in [4.78, 5) is 23.8. The molecule has 0 saturated carbocycles. The second-order valence-electron chi connectivity index (χ2n) is 5.42. The van der Waals surface area contributed by atoms with Gasteiger partial charge in [-0.05, 0) is 41.5 Å². The van der Waals surface area contributed by atoms with Crippen molar-refractivity contribution in [3.05, 3.63) is 70.3 Å². The molecule has 0 aromatic heterocycles. The average Bonchev–Trinajstić information content (AvgIpc) is 2.70. The van der Waals surface area contributed by atoms with Gasteiger partial charge in [0.1, 0.15) is 17.4 Å². The van der Waals surface area contributed by atoms with Gasteiger partial charge in [0.2, 0.25) is 0 Å². The van der Waals surface area contributed by atoms with Crippen molar-refractivity contribution < 1.29 is 19.1 Å². The first-order valence-electron chi connectivity index (χ1n) is 7.96. The van der Waals surface area contributed by atoms with Gasteiger partial charge in [-0.25, -0.2) is 4.79 Å². The first-order valence-corrected chi connectivity index (χ1v) is 8.33. The minimum absolute atomic E-state index is 0.203. The van der Waals surface area contributed by atoms with Crippen molar-refractivity contribution in [3.63, 3.8) is 0 Å². The van der Waals surface area contributed by atoms with Crippen molar-refractivity contribution in [3.8, 4) is 11.8 Å². The summed E-state index contributed by atoms with van der Waals surface area (Å²) in [6.45, 7) is -0.200. The predicted molar refractivity (Wildman–Crippen MR) is 101 cm³/mol. The number of ether oxygens (including phenoxy) is 2. The van der Waals surface area contributed by atoms with Crippen LogP contribution in [0.5, 0.6) is 5.75 Å². The van der Waals surface area contributed by atoms with Gasteiger partial charge < -0.3 is 14.8 Å². The van der Waals surface area contributed by atoms with Crippen LogP contribution in [0.2, 0.25) is 5.02 Å². The normalized spacial score (nSPS) is 10.6. The number of methoxy groups -OCH3 is 1. The highest BCUT2D eigenvalue weighted by Gasteiger charge is 2.13. The third-order valence-corrected chi connectivity index (χ3v) is 3.76. The van der Waals surface area contributed by atoms with Crippen LogP contribution in [-0.4, -0.2) is 25.6 Å². The van der Waals surface area contributed by atoms with Crippen LogP contribution in [0.15, 0.2) is 54.1 Å². The van der Waals surface area contributed by atoms with E-state index in [1.807, 2.05) is 0 Å². The molecule has 1 N–H and O–H groups in total. The largest absolute Gasteiger partial charge is 0.497 e. The Morgan fingerprint density at radius 1 is 1.15 bits per heavy atom. The molecule has 0 aliphatic heterocycles. The maximum atomic E-state index is 12.0. The third-order valence-electron chi connectivity index (χ3n) is 3.50. The Morgan fingerprint density at radius 3 is 2.41 bits per heavy atom. The number of esters is 1. The molecule has 0 aliphatic carbocycles. The van der Waals surface area contributed by atoms with E-state index in [-0.39, 0.29) is 12.1 Å². The fourth-order valence-corrected chi connectivity index (χ4v) is 2.19. The van der Waals surface area contributed by atoms with Gasteiger partial charge in [-0.3, -0.25) is 4.79 Å². The zero-order valence-electron chi connectivity index (χ0n) is 14.6. The number of halogens is 1. The zero-order chi connectivity index (χ0) is 19.6. The molecule has 0 radical (unpaired) electrons. The minimum atomic E-state index is -0.866. The maximum absolute atomic E-state index is 12.0. The molecule has 0 saturated heterocycles. The summed E-state index contributed by atoms with van der Waals surface area (Å²) >= 11 is 5.79. The lowest BCUT2D eigenvalue weighted by molar-refractivity contribution is -0.144. The molecule has 138 valence electrons. The summed E-state index contributed by atoms with van der Waals surface area (Å²) in [6.07, 6.45) is 1.38. The Kier molecular flexibility index (Phi) is 7.41. The molecule has 0 heterocycles. The van der Waals surface area contributed by atoms with E-state index < -0.39 is 18.5 Å². The second kappa shape index (κ2) is 10.00. The smallest absolute Gasteiger partial charge is 0.349 e. The van der Waals surface area contributed by atoms with E-state index in [1.54, 1.807) is 61.7 Å². The quantitative estimate of drug-likeness (QED) is 0.450. The molecule has 7 heteroatoms. The molecule has 2 rings (SSSR count). The number of hydrogen-bond acceptors (Lipinski definition) is 5. The predicted octanol–water partition coefficient (Wildman–Crippen LogP) is 3.12. The maximum Gasteiger partial charge on any atom is 0.349 e. The van der Waals surface area contributed by atoms with Gasteiger partial charge in [-0.2, -0.15) is 5.26 Å². The van der Waals surface area contributed by atoms with E-state index in [4.69, 9.17) is 26.3 Å². The molecule has 0 atom stereocenters. The van der Waals surface area contributed by atoms with Crippen LogP contribution in [0.25, 0.3) is 6.08 Å². The van der Waals surface area contributed by atoms with Crippen LogP contribution >= 0.6 is 11.6 Å². The van der Waals surface area contributed by atoms with Crippen LogP contribution in [0.1, 0.15) is 11.1 Å². The Balaban J connectivity index is 1.86. The molecule has 1 amide bonds. The summed E-state index contributed by atoms with van der Waals surface area (Å²) in [7, 11) is 1.54. The van der Waals surface area contributed by atoms with Gasteiger partial charge >= 0.3 is 5.97 Å². The van der Waals surface area contributed by atoms with Crippen molar-refractivity contribution >= 4 is 29.6 Å². The molecule has 2 aromatic rings. The molecule has 27 heavy (non-hydrogen) atoms. The van der Waals surface area contributed by atoms with Gasteiger partial charge in [0.25, 0.3) is 5.91 Å². The van der Waals surface area contributed by atoms with Crippen LogP contribution < -0.4 is 10.1 Å². The SMILES string of the molecule is COc1ccc(/C=C(\C#N)C(=O)OCC(=O)NCc2ccc(Cl)cc2)cc1. The number of rotatable bonds is 7. The van der Waals surface area contributed by atoms with Crippen LogP contribution in [0, 0.1) is 11.3 Å². The summed E-state index contributed by atoms with van der Waals surface area (Å²) in [5, 5.41) is 12.4. The van der Waals surface area contributed by atoms with E-state index in [1.165, 1.54) is 6.08 Å². The Hall–Kier alpha value is -3.30. The van der Waals surface area contributed by atoms with Crippen molar-refractivity contribution in [2.24, 2.45) is 0 Å². The highest BCUT2D eigenvalue weighted by Crippen LogP contribution is 2.14. The molecule has 0 fully saturated rings. The first kappa shape index (κ1) is 20.0. The fraction of sp³-hybridized carbons (Fsp3) is 0.150. The lowest BCUT2D eigenvalue weighted by Crippen LogP contribution is -2.28. The van der Waals surface area contributed by atoms with E-state index in [2.05, 4.69) is 5.32 Å². The Morgan fingerprint density at radius 2 is 1.81 bits per heavy atom. The summed E-state index contributed by atoms with van der Waals surface area (Å²) in [5.74, 6) is -0.680. The first-order chi connectivity index (χ1) is 13.0. The fourth-order valence-electron chi connectivity index (χ4n) is 2.07. The number of carbonyl (C=O) groups excluding carboxylic acids is 2. The Labute approximate surface area is 162 Å². The van der Waals surface area contributed by atoms with Crippen molar-refractivity contribution in [2.75, 3.05) is 13.7 Å². The molecule has 0 unspecified atom stereocenters. The van der Waals surface area contributed by atoms with Crippen molar-refractivity contribution in [1.29, 1.82) is 5.26 Å². The summed E-state index contributed by atoms with van der Waals surface area (Å²) in [5.41, 5.74) is 1.29. The topological polar surface area (TPSA) is 88.4 Å². The van der Waals surface area contributed by atoms with E-state index >= 15 is 0 Å². The highest BCUT2D eigenvalue weighted by molar-refractivity contribution is 6.30. The lowest BCUT2D eigenvalue weighted by Gasteiger charge is -2.06. The number of nitrogens with zero attached hydrogens (tertiary/aromatic N) is 1. The average molecular weight is 385 g/mol. The summed E-state index contributed by atoms with van der Waals surface area (Å²) < 4.78 is 9.94. The number of carbonyl (C=O) groups is 2.